The van der Waals surface area contributed by atoms with Gasteiger partial charge in [-0.25, -0.2) is 0 Å². The van der Waals surface area contributed by atoms with E-state index >= 15 is 0 Å². The molecular weight excluding hydrogens is 278 g/mol. The summed E-state index contributed by atoms with van der Waals surface area (Å²) in [5.74, 6) is 1.28. The number of rotatable bonds is 1. The Morgan fingerprint density at radius 1 is 1.14 bits per heavy atom. The van der Waals surface area contributed by atoms with Crippen LogP contribution in [0, 0.1) is 11.8 Å². The lowest BCUT2D eigenvalue weighted by atomic mass is 9.82. The van der Waals surface area contributed by atoms with Gasteiger partial charge in [-0.1, -0.05) is 6.07 Å². The number of fused-ring (bicyclic) bond motifs is 4. The molecule has 1 N–H and O–H groups in total. The number of aromatic nitrogens is 1. The van der Waals surface area contributed by atoms with Gasteiger partial charge in [-0.05, 0) is 44.3 Å². The first-order valence-electron chi connectivity index (χ1n) is 8.41. The minimum atomic E-state index is 0.102. The molecule has 118 valence electrons. The number of hydrogen-bond donors (Lipinski definition) is 1. The minimum absolute atomic E-state index is 0.102. The molecule has 2 bridgehead atoms. The fraction of sp³-hybridized carbons (Fsp3) is 0.647. The van der Waals surface area contributed by atoms with Gasteiger partial charge in [-0.15, -0.1) is 0 Å². The number of amides is 1. The fourth-order valence-electron chi connectivity index (χ4n) is 4.40. The van der Waals surface area contributed by atoms with Crippen molar-refractivity contribution in [1.29, 1.82) is 0 Å². The molecule has 0 radical (unpaired) electrons. The molecule has 4 heterocycles. The first-order valence-corrected chi connectivity index (χ1v) is 8.41. The second-order valence-corrected chi connectivity index (χ2v) is 6.97. The summed E-state index contributed by atoms with van der Waals surface area (Å²) in [7, 11) is 0. The highest BCUT2D eigenvalue weighted by Crippen LogP contribution is 2.35. The Morgan fingerprint density at radius 3 is 2.77 bits per heavy atom. The predicted molar refractivity (Wildman–Crippen MR) is 83.7 cm³/mol. The zero-order valence-corrected chi connectivity index (χ0v) is 12.8. The highest BCUT2D eigenvalue weighted by Gasteiger charge is 2.37. The van der Waals surface area contributed by atoms with Gasteiger partial charge in [0.25, 0.3) is 5.56 Å². The van der Waals surface area contributed by atoms with E-state index in [1.807, 2.05) is 10.6 Å². The number of piperidine rings is 2. The Bertz CT molecular complexity index is 633. The molecule has 0 aromatic carbocycles. The van der Waals surface area contributed by atoms with E-state index in [2.05, 4.69) is 16.3 Å². The normalized spacial score (nSPS) is 28.3. The van der Waals surface area contributed by atoms with Gasteiger partial charge in [0.15, 0.2) is 0 Å². The number of pyridine rings is 1. The van der Waals surface area contributed by atoms with Gasteiger partial charge in [0.1, 0.15) is 0 Å². The number of hydrogen-bond acceptors (Lipinski definition) is 3. The van der Waals surface area contributed by atoms with E-state index in [0.29, 0.717) is 17.7 Å². The van der Waals surface area contributed by atoms with Crippen molar-refractivity contribution in [3.8, 4) is 0 Å². The van der Waals surface area contributed by atoms with E-state index in [1.54, 1.807) is 6.07 Å². The summed E-state index contributed by atoms with van der Waals surface area (Å²) in [6, 6.07) is 5.55. The zero-order chi connectivity index (χ0) is 15.1. The summed E-state index contributed by atoms with van der Waals surface area (Å²) in [4.78, 5) is 26.9. The molecule has 0 saturated carbocycles. The van der Waals surface area contributed by atoms with E-state index in [-0.39, 0.29) is 11.5 Å². The molecule has 2 unspecified atom stereocenters. The maximum Gasteiger partial charge on any atom is 0.250 e. The SMILES string of the molecule is O=C(C1CCNCC1)N1CC2CC(C1)c1cccc(=O)n1C2. The number of likely N-dealkylation sites (tertiary alicyclic amines) is 1. The van der Waals surface area contributed by atoms with Gasteiger partial charge in [0.05, 0.1) is 0 Å². The summed E-state index contributed by atoms with van der Waals surface area (Å²) in [6.45, 7) is 4.27. The lowest BCUT2D eigenvalue weighted by molar-refractivity contribution is -0.139. The summed E-state index contributed by atoms with van der Waals surface area (Å²) in [6.07, 6.45) is 3.03. The summed E-state index contributed by atoms with van der Waals surface area (Å²) >= 11 is 0. The molecule has 5 nitrogen and oxygen atoms in total. The van der Waals surface area contributed by atoms with Crippen LogP contribution in [-0.4, -0.2) is 41.6 Å². The van der Waals surface area contributed by atoms with Crippen LogP contribution in [0.2, 0.25) is 0 Å². The van der Waals surface area contributed by atoms with Crippen molar-refractivity contribution in [3.63, 3.8) is 0 Å². The second kappa shape index (κ2) is 5.54. The standard InChI is InChI=1S/C17H23N3O2/c21-16-3-1-2-15-14-8-12(10-20(15)16)9-19(11-14)17(22)13-4-6-18-7-5-13/h1-3,12-14,18H,4-11H2. The van der Waals surface area contributed by atoms with Crippen LogP contribution in [-0.2, 0) is 11.3 Å². The molecule has 5 heteroatoms. The van der Waals surface area contributed by atoms with Crippen LogP contribution in [0.1, 0.15) is 30.9 Å². The van der Waals surface area contributed by atoms with Crippen molar-refractivity contribution in [2.24, 2.45) is 11.8 Å². The van der Waals surface area contributed by atoms with Gasteiger partial charge in [0, 0.05) is 43.2 Å². The molecule has 0 aliphatic carbocycles. The molecule has 1 amide bonds. The summed E-state index contributed by atoms with van der Waals surface area (Å²) in [5.41, 5.74) is 1.22. The highest BCUT2D eigenvalue weighted by atomic mass is 16.2. The monoisotopic (exact) mass is 301 g/mol. The van der Waals surface area contributed by atoms with Crippen molar-refractivity contribution >= 4 is 5.91 Å². The van der Waals surface area contributed by atoms with Gasteiger partial charge in [-0.2, -0.15) is 0 Å². The van der Waals surface area contributed by atoms with Gasteiger partial charge in [0.2, 0.25) is 5.91 Å². The Morgan fingerprint density at radius 2 is 1.95 bits per heavy atom. The van der Waals surface area contributed by atoms with Crippen LogP contribution in [0.4, 0.5) is 0 Å². The van der Waals surface area contributed by atoms with Crippen LogP contribution >= 0.6 is 0 Å². The third kappa shape index (κ3) is 2.37. The summed E-state index contributed by atoms with van der Waals surface area (Å²) < 4.78 is 1.92. The van der Waals surface area contributed by atoms with Crippen LogP contribution in [0.25, 0.3) is 0 Å². The Hall–Kier alpha value is -1.62. The smallest absolute Gasteiger partial charge is 0.250 e. The Kier molecular flexibility index (Phi) is 3.53. The third-order valence-corrected chi connectivity index (χ3v) is 5.48. The largest absolute Gasteiger partial charge is 0.341 e. The van der Waals surface area contributed by atoms with Crippen molar-refractivity contribution in [1.82, 2.24) is 14.8 Å². The number of nitrogens with zero attached hydrogens (tertiary/aromatic N) is 2. The molecule has 2 fully saturated rings. The van der Waals surface area contributed by atoms with E-state index in [1.165, 1.54) is 0 Å². The molecular formula is C17H23N3O2. The molecule has 3 aliphatic heterocycles. The maximum atomic E-state index is 12.8. The van der Waals surface area contributed by atoms with Crippen LogP contribution in [0.15, 0.2) is 23.0 Å². The number of carbonyl (C=O) groups excluding carboxylic acids is 1. The molecule has 1 aromatic heterocycles. The summed E-state index contributed by atoms with van der Waals surface area (Å²) in [5, 5.41) is 3.32. The second-order valence-electron chi connectivity index (χ2n) is 6.97. The lowest BCUT2D eigenvalue weighted by Crippen LogP contribution is -2.51. The van der Waals surface area contributed by atoms with E-state index in [9.17, 15) is 9.59 Å². The third-order valence-electron chi connectivity index (χ3n) is 5.48. The predicted octanol–water partition coefficient (Wildman–Crippen LogP) is 0.794. The molecule has 1 aromatic rings. The van der Waals surface area contributed by atoms with Crippen LogP contribution in [0.5, 0.6) is 0 Å². The highest BCUT2D eigenvalue weighted by molar-refractivity contribution is 5.79. The number of nitrogens with one attached hydrogen (secondary N) is 1. The van der Waals surface area contributed by atoms with Crippen molar-refractivity contribution in [2.75, 3.05) is 26.2 Å². The maximum absolute atomic E-state index is 12.8. The molecule has 2 atom stereocenters. The van der Waals surface area contributed by atoms with Gasteiger partial charge >= 0.3 is 0 Å². The topological polar surface area (TPSA) is 54.3 Å². The zero-order valence-electron chi connectivity index (χ0n) is 12.8. The van der Waals surface area contributed by atoms with E-state index < -0.39 is 0 Å². The minimum Gasteiger partial charge on any atom is -0.341 e. The molecule has 4 rings (SSSR count). The lowest BCUT2D eigenvalue weighted by Gasteiger charge is -2.44. The quantitative estimate of drug-likeness (QED) is 0.834. The average molecular weight is 301 g/mol. The Labute approximate surface area is 130 Å². The Balaban J connectivity index is 1.55. The van der Waals surface area contributed by atoms with E-state index in [0.717, 1.165) is 57.7 Å². The van der Waals surface area contributed by atoms with Crippen LogP contribution in [0.3, 0.4) is 0 Å². The van der Waals surface area contributed by atoms with Crippen LogP contribution < -0.4 is 10.9 Å². The van der Waals surface area contributed by atoms with E-state index in [4.69, 9.17) is 0 Å². The molecule has 3 aliphatic rings. The first-order chi connectivity index (χ1) is 10.7. The van der Waals surface area contributed by atoms with Crippen molar-refractivity contribution < 1.29 is 4.79 Å². The van der Waals surface area contributed by atoms with Gasteiger partial charge < -0.3 is 14.8 Å². The van der Waals surface area contributed by atoms with Gasteiger partial charge in [-0.3, -0.25) is 9.59 Å². The van der Waals surface area contributed by atoms with Crippen molar-refractivity contribution in [3.05, 3.63) is 34.2 Å². The molecule has 0 spiro atoms. The first kappa shape index (κ1) is 14.0. The molecule has 2 saturated heterocycles. The number of carbonyl (C=O) groups is 1. The molecule has 22 heavy (non-hydrogen) atoms. The average Bonchev–Trinajstić information content (AvgIpc) is 2.56. The fourth-order valence-corrected chi connectivity index (χ4v) is 4.40. The van der Waals surface area contributed by atoms with Crippen molar-refractivity contribution in [2.45, 2.75) is 31.7 Å².